The molecule has 17 heavy (non-hydrogen) atoms. The fourth-order valence-electron chi connectivity index (χ4n) is 2.53. The molecule has 3 nitrogen and oxygen atoms in total. The summed E-state index contributed by atoms with van der Waals surface area (Å²) < 4.78 is 0. The Morgan fingerprint density at radius 2 is 1.88 bits per heavy atom. The molecule has 1 aromatic rings. The molecule has 1 atom stereocenters. The Morgan fingerprint density at radius 3 is 2.41 bits per heavy atom. The third-order valence-electron chi connectivity index (χ3n) is 3.76. The third kappa shape index (κ3) is 2.99. The Bertz CT molecular complexity index is 342. The largest absolute Gasteiger partial charge is 0.508 e. The molecule has 1 aromatic carbocycles. The zero-order valence-corrected chi connectivity index (χ0v) is 10.5. The lowest BCUT2D eigenvalue weighted by Gasteiger charge is -2.36. The zero-order valence-electron chi connectivity index (χ0n) is 10.5. The predicted molar refractivity (Wildman–Crippen MR) is 69.9 cm³/mol. The SMILES string of the molecule is CC1CCN(C(CN)c2ccc(O)cc2)CC1. The van der Waals surface area contributed by atoms with Crippen LogP contribution in [0, 0.1) is 5.92 Å². The minimum absolute atomic E-state index is 0.295. The number of benzene rings is 1. The number of hydrogen-bond donors (Lipinski definition) is 2. The molecule has 3 heteroatoms. The quantitative estimate of drug-likeness (QED) is 0.842. The van der Waals surface area contributed by atoms with Crippen LogP contribution >= 0.6 is 0 Å². The van der Waals surface area contributed by atoms with E-state index >= 15 is 0 Å². The van der Waals surface area contributed by atoms with Gasteiger partial charge in [0.15, 0.2) is 0 Å². The summed E-state index contributed by atoms with van der Waals surface area (Å²) >= 11 is 0. The highest BCUT2D eigenvalue weighted by Gasteiger charge is 2.23. The number of phenolic OH excluding ortho intramolecular Hbond substituents is 1. The number of aromatic hydroxyl groups is 1. The maximum atomic E-state index is 9.31. The van der Waals surface area contributed by atoms with Crippen LogP contribution in [0.4, 0.5) is 0 Å². The smallest absolute Gasteiger partial charge is 0.115 e. The molecule has 0 saturated carbocycles. The Hall–Kier alpha value is -1.06. The average Bonchev–Trinajstić information content (AvgIpc) is 2.35. The fourth-order valence-corrected chi connectivity index (χ4v) is 2.53. The second kappa shape index (κ2) is 5.52. The van der Waals surface area contributed by atoms with Gasteiger partial charge in [0.05, 0.1) is 0 Å². The number of rotatable bonds is 3. The summed E-state index contributed by atoms with van der Waals surface area (Å²) in [4.78, 5) is 2.46. The van der Waals surface area contributed by atoms with E-state index in [0.717, 1.165) is 19.0 Å². The van der Waals surface area contributed by atoms with Crippen molar-refractivity contribution in [3.05, 3.63) is 29.8 Å². The Morgan fingerprint density at radius 1 is 1.29 bits per heavy atom. The first kappa shape index (κ1) is 12.4. The maximum absolute atomic E-state index is 9.31. The van der Waals surface area contributed by atoms with Crippen molar-refractivity contribution in [1.82, 2.24) is 4.90 Å². The van der Waals surface area contributed by atoms with Gasteiger partial charge in [0, 0.05) is 12.6 Å². The van der Waals surface area contributed by atoms with Gasteiger partial charge in [0.25, 0.3) is 0 Å². The normalized spacial score (nSPS) is 20.4. The minimum atomic E-state index is 0.295. The van der Waals surface area contributed by atoms with Gasteiger partial charge in [-0.05, 0) is 49.5 Å². The lowest BCUT2D eigenvalue weighted by molar-refractivity contribution is 0.141. The molecule has 1 unspecified atom stereocenters. The molecule has 1 aliphatic rings. The summed E-state index contributed by atoms with van der Waals surface area (Å²) in [6, 6.07) is 7.73. The van der Waals surface area contributed by atoms with Crippen molar-refractivity contribution in [1.29, 1.82) is 0 Å². The molecule has 0 amide bonds. The van der Waals surface area contributed by atoms with E-state index in [0.29, 0.717) is 18.3 Å². The van der Waals surface area contributed by atoms with Crippen LogP contribution in [0.25, 0.3) is 0 Å². The Balaban J connectivity index is 2.08. The monoisotopic (exact) mass is 234 g/mol. The van der Waals surface area contributed by atoms with E-state index < -0.39 is 0 Å². The summed E-state index contributed by atoms with van der Waals surface area (Å²) in [6.45, 7) is 5.21. The highest BCUT2D eigenvalue weighted by atomic mass is 16.3. The molecule has 2 rings (SSSR count). The number of nitrogens with zero attached hydrogens (tertiary/aromatic N) is 1. The van der Waals surface area contributed by atoms with Crippen molar-refractivity contribution >= 4 is 0 Å². The molecule has 1 heterocycles. The fraction of sp³-hybridized carbons (Fsp3) is 0.571. The van der Waals surface area contributed by atoms with Gasteiger partial charge < -0.3 is 10.8 Å². The first-order valence-corrected chi connectivity index (χ1v) is 6.43. The predicted octanol–water partition coefficient (Wildman–Crippen LogP) is 2.12. The highest BCUT2D eigenvalue weighted by molar-refractivity contribution is 5.28. The van der Waals surface area contributed by atoms with E-state index in [-0.39, 0.29) is 0 Å². The number of nitrogens with two attached hydrogens (primary N) is 1. The van der Waals surface area contributed by atoms with Gasteiger partial charge in [-0.25, -0.2) is 0 Å². The van der Waals surface area contributed by atoms with Crippen LogP contribution in [0.3, 0.4) is 0 Å². The van der Waals surface area contributed by atoms with Gasteiger partial charge in [-0.2, -0.15) is 0 Å². The van der Waals surface area contributed by atoms with Crippen molar-refractivity contribution in [3.8, 4) is 5.75 Å². The second-order valence-corrected chi connectivity index (χ2v) is 5.06. The first-order chi connectivity index (χ1) is 8.20. The minimum Gasteiger partial charge on any atom is -0.508 e. The number of piperidine rings is 1. The van der Waals surface area contributed by atoms with Crippen LogP contribution in [-0.2, 0) is 0 Å². The standard InChI is InChI=1S/C14H22N2O/c1-11-6-8-16(9-7-11)14(10-15)12-2-4-13(17)5-3-12/h2-5,11,14,17H,6-10,15H2,1H3. The van der Waals surface area contributed by atoms with Gasteiger partial charge in [-0.3, -0.25) is 4.90 Å². The van der Waals surface area contributed by atoms with Gasteiger partial charge in [-0.1, -0.05) is 19.1 Å². The molecule has 0 spiro atoms. The van der Waals surface area contributed by atoms with Crippen LogP contribution < -0.4 is 5.73 Å². The molecule has 1 aliphatic heterocycles. The molecular formula is C14H22N2O. The van der Waals surface area contributed by atoms with Gasteiger partial charge in [0.2, 0.25) is 0 Å². The number of phenols is 1. The van der Waals surface area contributed by atoms with Gasteiger partial charge in [0.1, 0.15) is 5.75 Å². The van der Waals surface area contributed by atoms with Crippen LogP contribution in [0.5, 0.6) is 5.75 Å². The van der Waals surface area contributed by atoms with Crippen molar-refractivity contribution < 1.29 is 5.11 Å². The lowest BCUT2D eigenvalue weighted by atomic mass is 9.96. The molecule has 94 valence electrons. The van der Waals surface area contributed by atoms with Gasteiger partial charge >= 0.3 is 0 Å². The number of hydrogen-bond acceptors (Lipinski definition) is 3. The second-order valence-electron chi connectivity index (χ2n) is 5.06. The molecule has 1 saturated heterocycles. The average molecular weight is 234 g/mol. The van der Waals surface area contributed by atoms with Crippen molar-refractivity contribution in [3.63, 3.8) is 0 Å². The van der Waals surface area contributed by atoms with Crippen LogP contribution in [-0.4, -0.2) is 29.6 Å². The molecule has 0 bridgehead atoms. The summed E-state index contributed by atoms with van der Waals surface area (Å²) in [5.41, 5.74) is 7.11. The molecule has 0 aromatic heterocycles. The molecule has 1 fully saturated rings. The first-order valence-electron chi connectivity index (χ1n) is 6.43. The lowest BCUT2D eigenvalue weighted by Crippen LogP contribution is -2.39. The van der Waals surface area contributed by atoms with Crippen LogP contribution in [0.1, 0.15) is 31.4 Å². The van der Waals surface area contributed by atoms with E-state index in [1.807, 2.05) is 12.1 Å². The maximum Gasteiger partial charge on any atom is 0.115 e. The van der Waals surface area contributed by atoms with Crippen LogP contribution in [0.2, 0.25) is 0 Å². The summed E-state index contributed by atoms with van der Waals surface area (Å²) in [5.74, 6) is 1.15. The third-order valence-corrected chi connectivity index (χ3v) is 3.76. The summed E-state index contributed by atoms with van der Waals surface area (Å²) in [6.07, 6.45) is 2.52. The van der Waals surface area contributed by atoms with E-state index in [1.165, 1.54) is 18.4 Å². The van der Waals surface area contributed by atoms with E-state index in [9.17, 15) is 5.11 Å². The molecule has 0 radical (unpaired) electrons. The summed E-state index contributed by atoms with van der Waals surface area (Å²) in [5, 5.41) is 9.31. The Labute approximate surface area is 103 Å². The number of likely N-dealkylation sites (tertiary alicyclic amines) is 1. The van der Waals surface area contributed by atoms with E-state index in [1.54, 1.807) is 12.1 Å². The van der Waals surface area contributed by atoms with E-state index in [4.69, 9.17) is 5.73 Å². The van der Waals surface area contributed by atoms with E-state index in [2.05, 4.69) is 11.8 Å². The molecule has 0 aliphatic carbocycles. The van der Waals surface area contributed by atoms with Crippen molar-refractivity contribution in [2.75, 3.05) is 19.6 Å². The highest BCUT2D eigenvalue weighted by Crippen LogP contribution is 2.26. The molecule has 3 N–H and O–H groups in total. The van der Waals surface area contributed by atoms with Crippen molar-refractivity contribution in [2.24, 2.45) is 11.7 Å². The topological polar surface area (TPSA) is 49.5 Å². The van der Waals surface area contributed by atoms with Gasteiger partial charge in [-0.15, -0.1) is 0 Å². The van der Waals surface area contributed by atoms with Crippen molar-refractivity contribution in [2.45, 2.75) is 25.8 Å². The summed E-state index contributed by atoms with van der Waals surface area (Å²) in [7, 11) is 0. The van der Waals surface area contributed by atoms with Crippen LogP contribution in [0.15, 0.2) is 24.3 Å². The zero-order chi connectivity index (χ0) is 12.3. The molecular weight excluding hydrogens is 212 g/mol. The Kier molecular flexibility index (Phi) is 4.02.